The maximum atomic E-state index is 4.15. The van der Waals surface area contributed by atoms with Crippen molar-refractivity contribution >= 4 is 28.6 Å². The summed E-state index contributed by atoms with van der Waals surface area (Å²) in [5.41, 5.74) is 4.11. The van der Waals surface area contributed by atoms with Gasteiger partial charge in [0.2, 0.25) is 0 Å². The first-order valence-electron chi connectivity index (χ1n) is 5.48. The van der Waals surface area contributed by atoms with Gasteiger partial charge in [0.25, 0.3) is 0 Å². The Bertz CT molecular complexity index is 471. The van der Waals surface area contributed by atoms with E-state index in [2.05, 4.69) is 67.5 Å². The highest BCUT2D eigenvalue weighted by molar-refractivity contribution is 9.10. The van der Waals surface area contributed by atoms with E-state index in [1.54, 1.807) is 0 Å². The Morgan fingerprint density at radius 3 is 1.94 bits per heavy atom. The Hall–Kier alpha value is -0.730. The molecule has 0 aliphatic heterocycles. The van der Waals surface area contributed by atoms with Gasteiger partial charge in [-0.3, -0.25) is 0 Å². The summed E-state index contributed by atoms with van der Waals surface area (Å²) in [4.78, 5) is 0.979. The number of halogens is 1. The number of thiol groups is 1. The third-order valence-electron chi connectivity index (χ3n) is 2.51. The van der Waals surface area contributed by atoms with Gasteiger partial charge in [0, 0.05) is 9.37 Å². The SMILES string of the molecule is Cc1ccc(C)c(C)c1.Sc1ccccc1Br. The summed E-state index contributed by atoms with van der Waals surface area (Å²) in [7, 11) is 0. The van der Waals surface area contributed by atoms with Gasteiger partial charge in [0.15, 0.2) is 0 Å². The minimum Gasteiger partial charge on any atom is -0.142 e. The molecule has 0 aromatic heterocycles. The highest BCUT2D eigenvalue weighted by Crippen LogP contribution is 2.18. The summed E-state index contributed by atoms with van der Waals surface area (Å²) < 4.78 is 1.04. The van der Waals surface area contributed by atoms with Gasteiger partial charge in [0.05, 0.1) is 0 Å². The number of hydrogen-bond acceptors (Lipinski definition) is 1. The molecule has 0 saturated carbocycles. The van der Waals surface area contributed by atoms with Crippen molar-refractivity contribution in [1.29, 1.82) is 0 Å². The van der Waals surface area contributed by atoms with E-state index in [4.69, 9.17) is 0 Å². The highest BCUT2D eigenvalue weighted by atomic mass is 79.9. The van der Waals surface area contributed by atoms with Crippen molar-refractivity contribution < 1.29 is 0 Å². The Labute approximate surface area is 118 Å². The molecule has 2 heteroatoms. The summed E-state index contributed by atoms with van der Waals surface area (Å²) in [6.07, 6.45) is 0. The normalized spacial score (nSPS) is 9.47. The largest absolute Gasteiger partial charge is 0.142 e. The van der Waals surface area contributed by atoms with E-state index in [9.17, 15) is 0 Å². The highest BCUT2D eigenvalue weighted by Gasteiger charge is 1.89. The fraction of sp³-hybridized carbons (Fsp3) is 0.200. The van der Waals surface area contributed by atoms with Gasteiger partial charge in [0.1, 0.15) is 0 Å². The van der Waals surface area contributed by atoms with E-state index < -0.39 is 0 Å². The zero-order chi connectivity index (χ0) is 12.8. The van der Waals surface area contributed by atoms with Crippen LogP contribution in [0.15, 0.2) is 51.8 Å². The molecule has 0 heterocycles. The lowest BCUT2D eigenvalue weighted by Crippen LogP contribution is -1.79. The molecule has 17 heavy (non-hydrogen) atoms. The van der Waals surface area contributed by atoms with Gasteiger partial charge >= 0.3 is 0 Å². The predicted octanol–water partition coefficient (Wildman–Crippen LogP) is 5.35. The van der Waals surface area contributed by atoms with E-state index in [-0.39, 0.29) is 0 Å². The molecule has 0 spiro atoms. The lowest BCUT2D eigenvalue weighted by Gasteiger charge is -1.98. The predicted molar refractivity (Wildman–Crippen MR) is 82.0 cm³/mol. The topological polar surface area (TPSA) is 0 Å². The fourth-order valence-corrected chi connectivity index (χ4v) is 1.79. The quantitative estimate of drug-likeness (QED) is 0.623. The Morgan fingerprint density at radius 2 is 1.53 bits per heavy atom. The van der Waals surface area contributed by atoms with Crippen LogP contribution in [0.4, 0.5) is 0 Å². The second kappa shape index (κ2) is 6.87. The lowest BCUT2D eigenvalue weighted by atomic mass is 10.1. The molecule has 0 atom stereocenters. The molecular weight excluding hydrogens is 292 g/mol. The summed E-state index contributed by atoms with van der Waals surface area (Å²) in [5.74, 6) is 0. The molecule has 2 aromatic carbocycles. The molecule has 0 bridgehead atoms. The third kappa shape index (κ3) is 4.97. The first-order chi connectivity index (χ1) is 8.00. The molecule has 2 rings (SSSR count). The zero-order valence-corrected chi connectivity index (χ0v) is 12.8. The van der Waals surface area contributed by atoms with Gasteiger partial charge < -0.3 is 0 Å². The smallest absolute Gasteiger partial charge is 0.0308 e. The molecule has 0 saturated heterocycles. The Balaban J connectivity index is 0.000000171. The van der Waals surface area contributed by atoms with Crippen LogP contribution in [-0.4, -0.2) is 0 Å². The van der Waals surface area contributed by atoms with E-state index in [1.165, 1.54) is 16.7 Å². The van der Waals surface area contributed by atoms with Crippen LogP contribution in [0, 0.1) is 20.8 Å². The summed E-state index contributed by atoms with van der Waals surface area (Å²) in [6, 6.07) is 14.3. The van der Waals surface area contributed by atoms with Gasteiger partial charge in [-0.25, -0.2) is 0 Å². The molecule has 0 aliphatic carbocycles. The van der Waals surface area contributed by atoms with Crippen molar-refractivity contribution in [3.05, 3.63) is 63.6 Å². The molecule has 0 radical (unpaired) electrons. The monoisotopic (exact) mass is 308 g/mol. The molecule has 0 unspecified atom stereocenters. The maximum absolute atomic E-state index is 4.15. The van der Waals surface area contributed by atoms with Crippen LogP contribution in [-0.2, 0) is 0 Å². The van der Waals surface area contributed by atoms with Crippen molar-refractivity contribution in [2.45, 2.75) is 25.7 Å². The molecule has 2 aromatic rings. The summed E-state index contributed by atoms with van der Waals surface area (Å²) >= 11 is 7.47. The Kier molecular flexibility index (Phi) is 5.79. The van der Waals surface area contributed by atoms with Crippen molar-refractivity contribution in [1.82, 2.24) is 0 Å². The van der Waals surface area contributed by atoms with Crippen LogP contribution in [0.5, 0.6) is 0 Å². The maximum Gasteiger partial charge on any atom is 0.0308 e. The minimum atomic E-state index is 0.979. The second-order valence-electron chi connectivity index (χ2n) is 4.04. The Morgan fingerprint density at radius 1 is 0.882 bits per heavy atom. The molecule has 0 aliphatic rings. The second-order valence-corrected chi connectivity index (χ2v) is 5.38. The first-order valence-corrected chi connectivity index (χ1v) is 6.72. The number of hydrogen-bond donors (Lipinski definition) is 1. The van der Waals surface area contributed by atoms with Crippen LogP contribution in [0.1, 0.15) is 16.7 Å². The van der Waals surface area contributed by atoms with Crippen LogP contribution in [0.2, 0.25) is 0 Å². The van der Waals surface area contributed by atoms with Gasteiger partial charge in [-0.15, -0.1) is 12.6 Å². The van der Waals surface area contributed by atoms with Crippen molar-refractivity contribution in [3.63, 3.8) is 0 Å². The van der Waals surface area contributed by atoms with Crippen molar-refractivity contribution in [3.8, 4) is 0 Å². The lowest BCUT2D eigenvalue weighted by molar-refractivity contribution is 1.30. The van der Waals surface area contributed by atoms with Crippen molar-refractivity contribution in [2.24, 2.45) is 0 Å². The average molecular weight is 309 g/mol. The standard InChI is InChI=1S/C9H12.C6H5BrS/c1-7-4-5-8(2)9(3)6-7;7-5-3-1-2-4-6(5)8/h4-6H,1-3H3;1-4,8H. The summed E-state index contributed by atoms with van der Waals surface area (Å²) in [5, 5.41) is 0. The molecule has 0 amide bonds. The molecule has 0 fully saturated rings. The van der Waals surface area contributed by atoms with E-state index in [0.29, 0.717) is 0 Å². The number of rotatable bonds is 0. The van der Waals surface area contributed by atoms with Crippen LogP contribution < -0.4 is 0 Å². The number of aryl methyl sites for hydroxylation is 3. The van der Waals surface area contributed by atoms with Gasteiger partial charge in [-0.1, -0.05) is 35.9 Å². The van der Waals surface area contributed by atoms with Crippen LogP contribution in [0.25, 0.3) is 0 Å². The van der Waals surface area contributed by atoms with Gasteiger partial charge in [-0.05, 0) is 60.0 Å². The van der Waals surface area contributed by atoms with E-state index in [1.807, 2.05) is 24.3 Å². The molecular formula is C15H17BrS. The third-order valence-corrected chi connectivity index (χ3v) is 3.90. The molecule has 0 nitrogen and oxygen atoms in total. The van der Waals surface area contributed by atoms with Gasteiger partial charge in [-0.2, -0.15) is 0 Å². The van der Waals surface area contributed by atoms with E-state index >= 15 is 0 Å². The molecule has 90 valence electrons. The number of benzene rings is 2. The summed E-state index contributed by atoms with van der Waals surface area (Å²) in [6.45, 7) is 6.39. The minimum absolute atomic E-state index is 0.979. The fourth-order valence-electron chi connectivity index (χ4n) is 1.34. The molecule has 0 N–H and O–H groups in total. The average Bonchev–Trinajstić information content (AvgIpc) is 2.29. The van der Waals surface area contributed by atoms with Crippen LogP contribution >= 0.6 is 28.6 Å². The zero-order valence-electron chi connectivity index (χ0n) is 10.4. The first kappa shape index (κ1) is 14.3. The van der Waals surface area contributed by atoms with Crippen LogP contribution in [0.3, 0.4) is 0 Å². The van der Waals surface area contributed by atoms with E-state index in [0.717, 1.165) is 9.37 Å². The van der Waals surface area contributed by atoms with Crippen molar-refractivity contribution in [2.75, 3.05) is 0 Å².